The van der Waals surface area contributed by atoms with Gasteiger partial charge in [-0.05, 0) is 39.0 Å². The van der Waals surface area contributed by atoms with Crippen LogP contribution in [0.15, 0.2) is 24.3 Å². The van der Waals surface area contributed by atoms with E-state index in [1.165, 1.54) is 18.2 Å². The maximum absolute atomic E-state index is 11.7. The predicted molar refractivity (Wildman–Crippen MR) is 84.7 cm³/mol. The van der Waals surface area contributed by atoms with Crippen LogP contribution in [0, 0.1) is 0 Å². The van der Waals surface area contributed by atoms with Crippen LogP contribution >= 0.6 is 0 Å². The quantitative estimate of drug-likeness (QED) is 0.619. The van der Waals surface area contributed by atoms with Gasteiger partial charge in [0.2, 0.25) is 0 Å². The smallest absolute Gasteiger partial charge is 0.407 e. The maximum atomic E-state index is 11.7. The SMILES string of the molecule is CC(C)(C)OC(=O)NCCNC(=O)Nc1cccc(C(=O)O)c1. The summed E-state index contributed by atoms with van der Waals surface area (Å²) in [4.78, 5) is 33.9. The lowest BCUT2D eigenvalue weighted by Crippen LogP contribution is -2.39. The third-order valence-corrected chi connectivity index (χ3v) is 2.45. The van der Waals surface area contributed by atoms with E-state index in [-0.39, 0.29) is 18.7 Å². The summed E-state index contributed by atoms with van der Waals surface area (Å²) in [6, 6.07) is 5.38. The molecule has 3 amide bonds. The Balaban J connectivity index is 2.31. The normalized spacial score (nSPS) is 10.6. The first-order chi connectivity index (χ1) is 10.7. The largest absolute Gasteiger partial charge is 0.478 e. The summed E-state index contributed by atoms with van der Waals surface area (Å²) in [6.07, 6.45) is -0.561. The van der Waals surface area contributed by atoms with E-state index >= 15 is 0 Å². The van der Waals surface area contributed by atoms with E-state index < -0.39 is 23.7 Å². The molecule has 0 atom stereocenters. The number of carbonyl (C=O) groups is 3. The molecule has 0 radical (unpaired) electrons. The van der Waals surface area contributed by atoms with Gasteiger partial charge in [-0.25, -0.2) is 14.4 Å². The van der Waals surface area contributed by atoms with E-state index in [0.29, 0.717) is 5.69 Å². The fourth-order valence-corrected chi connectivity index (χ4v) is 1.56. The van der Waals surface area contributed by atoms with Crippen molar-refractivity contribution in [2.75, 3.05) is 18.4 Å². The van der Waals surface area contributed by atoms with Crippen LogP contribution in [0.5, 0.6) is 0 Å². The Morgan fingerprint density at radius 2 is 1.78 bits per heavy atom. The van der Waals surface area contributed by atoms with Crippen molar-refractivity contribution in [2.24, 2.45) is 0 Å². The van der Waals surface area contributed by atoms with Gasteiger partial charge < -0.3 is 25.8 Å². The van der Waals surface area contributed by atoms with Crippen LogP contribution in [-0.2, 0) is 4.74 Å². The van der Waals surface area contributed by atoms with Crippen molar-refractivity contribution < 1.29 is 24.2 Å². The summed E-state index contributed by atoms with van der Waals surface area (Å²) in [5.41, 5.74) is -0.138. The first-order valence-electron chi connectivity index (χ1n) is 7.02. The summed E-state index contributed by atoms with van der Waals surface area (Å²) in [6.45, 7) is 5.66. The van der Waals surface area contributed by atoms with E-state index in [1.807, 2.05) is 0 Å². The molecule has 0 aliphatic carbocycles. The number of alkyl carbamates (subject to hydrolysis) is 1. The molecule has 1 aromatic rings. The van der Waals surface area contributed by atoms with Crippen LogP contribution < -0.4 is 16.0 Å². The number of hydrogen-bond acceptors (Lipinski definition) is 4. The zero-order valence-electron chi connectivity index (χ0n) is 13.3. The molecule has 0 bridgehead atoms. The van der Waals surface area contributed by atoms with Gasteiger partial charge in [0.25, 0.3) is 0 Å². The number of nitrogens with one attached hydrogen (secondary N) is 3. The maximum Gasteiger partial charge on any atom is 0.407 e. The third kappa shape index (κ3) is 7.70. The lowest BCUT2D eigenvalue weighted by atomic mass is 10.2. The zero-order chi connectivity index (χ0) is 17.5. The molecule has 0 aromatic heterocycles. The zero-order valence-corrected chi connectivity index (χ0v) is 13.3. The van der Waals surface area contributed by atoms with Gasteiger partial charge in [0.15, 0.2) is 0 Å². The van der Waals surface area contributed by atoms with Crippen LogP contribution in [0.2, 0.25) is 0 Å². The van der Waals surface area contributed by atoms with E-state index in [2.05, 4.69) is 16.0 Å². The molecule has 0 spiro atoms. The number of carboxylic acids is 1. The third-order valence-electron chi connectivity index (χ3n) is 2.45. The van der Waals surface area contributed by atoms with Crippen molar-refractivity contribution in [1.82, 2.24) is 10.6 Å². The lowest BCUT2D eigenvalue weighted by molar-refractivity contribution is 0.0527. The van der Waals surface area contributed by atoms with E-state index in [1.54, 1.807) is 26.8 Å². The molecule has 4 N–H and O–H groups in total. The lowest BCUT2D eigenvalue weighted by Gasteiger charge is -2.19. The Kier molecular flexibility index (Phi) is 6.37. The summed E-state index contributed by atoms with van der Waals surface area (Å²) >= 11 is 0. The van der Waals surface area contributed by atoms with Crippen LogP contribution in [0.4, 0.5) is 15.3 Å². The highest BCUT2D eigenvalue weighted by atomic mass is 16.6. The second-order valence-electron chi connectivity index (χ2n) is 5.70. The standard InChI is InChI=1S/C15H21N3O5/c1-15(2,3)23-14(22)17-8-7-16-13(21)18-11-6-4-5-10(9-11)12(19)20/h4-6,9H,7-8H2,1-3H3,(H,17,22)(H,19,20)(H2,16,18,21). The minimum atomic E-state index is -1.07. The Bertz CT molecular complexity index is 581. The van der Waals surface area contributed by atoms with Crippen LogP contribution in [0.25, 0.3) is 0 Å². The topological polar surface area (TPSA) is 117 Å². The van der Waals surface area contributed by atoms with Crippen molar-refractivity contribution in [2.45, 2.75) is 26.4 Å². The average molecular weight is 323 g/mol. The second-order valence-corrected chi connectivity index (χ2v) is 5.70. The molecule has 0 aliphatic heterocycles. The van der Waals surface area contributed by atoms with Gasteiger partial charge in [0, 0.05) is 18.8 Å². The van der Waals surface area contributed by atoms with Gasteiger partial charge in [-0.1, -0.05) is 6.07 Å². The summed E-state index contributed by atoms with van der Waals surface area (Å²) in [5, 5.41) is 16.4. The average Bonchev–Trinajstić information content (AvgIpc) is 2.42. The molecule has 0 heterocycles. The van der Waals surface area contributed by atoms with Crippen molar-refractivity contribution >= 4 is 23.8 Å². The fourth-order valence-electron chi connectivity index (χ4n) is 1.56. The Hall–Kier alpha value is -2.77. The number of carboxylic acid groups (broad SMARTS) is 1. The van der Waals surface area contributed by atoms with Crippen molar-refractivity contribution in [3.8, 4) is 0 Å². The van der Waals surface area contributed by atoms with Gasteiger partial charge >= 0.3 is 18.1 Å². The van der Waals surface area contributed by atoms with E-state index in [4.69, 9.17) is 9.84 Å². The highest BCUT2D eigenvalue weighted by Crippen LogP contribution is 2.10. The molecule has 0 saturated heterocycles. The summed E-state index contributed by atoms with van der Waals surface area (Å²) in [7, 11) is 0. The monoisotopic (exact) mass is 323 g/mol. The molecule has 0 unspecified atom stereocenters. The Labute approximate surface area is 134 Å². The van der Waals surface area contributed by atoms with Gasteiger partial charge in [-0.3, -0.25) is 0 Å². The summed E-state index contributed by atoms with van der Waals surface area (Å²) in [5.74, 6) is -1.07. The Morgan fingerprint density at radius 1 is 1.13 bits per heavy atom. The number of urea groups is 1. The molecule has 8 heteroatoms. The number of carbonyl (C=O) groups excluding carboxylic acids is 2. The number of hydrogen-bond donors (Lipinski definition) is 4. The van der Waals surface area contributed by atoms with Gasteiger partial charge in [0.05, 0.1) is 5.56 Å². The molecule has 1 aromatic carbocycles. The van der Waals surface area contributed by atoms with E-state index in [0.717, 1.165) is 0 Å². The summed E-state index contributed by atoms with van der Waals surface area (Å²) < 4.78 is 5.04. The molecule has 23 heavy (non-hydrogen) atoms. The van der Waals surface area contributed by atoms with Gasteiger partial charge in [-0.2, -0.15) is 0 Å². The molecular weight excluding hydrogens is 302 g/mol. The van der Waals surface area contributed by atoms with E-state index in [9.17, 15) is 14.4 Å². The second kappa shape index (κ2) is 8.02. The number of amides is 3. The highest BCUT2D eigenvalue weighted by Gasteiger charge is 2.15. The highest BCUT2D eigenvalue weighted by molar-refractivity contribution is 5.93. The predicted octanol–water partition coefficient (Wildman–Crippen LogP) is 2.03. The van der Waals surface area contributed by atoms with Crippen LogP contribution in [0.1, 0.15) is 31.1 Å². The van der Waals surface area contributed by atoms with Crippen molar-refractivity contribution in [3.63, 3.8) is 0 Å². The first-order valence-corrected chi connectivity index (χ1v) is 7.02. The fraction of sp³-hybridized carbons (Fsp3) is 0.400. The molecule has 8 nitrogen and oxygen atoms in total. The van der Waals surface area contributed by atoms with Gasteiger partial charge in [-0.15, -0.1) is 0 Å². The van der Waals surface area contributed by atoms with Crippen LogP contribution in [0.3, 0.4) is 0 Å². The molecule has 0 aliphatic rings. The number of ether oxygens (including phenoxy) is 1. The number of rotatable bonds is 5. The molecular formula is C15H21N3O5. The minimum Gasteiger partial charge on any atom is -0.478 e. The van der Waals surface area contributed by atoms with Gasteiger partial charge in [0.1, 0.15) is 5.60 Å². The van der Waals surface area contributed by atoms with Crippen molar-refractivity contribution in [3.05, 3.63) is 29.8 Å². The Morgan fingerprint density at radius 3 is 2.39 bits per heavy atom. The molecule has 126 valence electrons. The number of anilines is 1. The number of benzene rings is 1. The molecule has 1 rings (SSSR count). The first kappa shape index (κ1) is 18.3. The number of aromatic carboxylic acids is 1. The minimum absolute atomic E-state index is 0.0781. The van der Waals surface area contributed by atoms with Crippen molar-refractivity contribution in [1.29, 1.82) is 0 Å². The molecule has 0 saturated carbocycles. The molecule has 0 fully saturated rings. The van der Waals surface area contributed by atoms with Crippen LogP contribution in [-0.4, -0.2) is 41.9 Å².